The molecule has 3 heteroatoms. The second kappa shape index (κ2) is 3.88. The molecule has 0 rings (SSSR count). The fourth-order valence-corrected chi connectivity index (χ4v) is 1.52. The molecule has 0 aromatic heterocycles. The molecule has 2 nitrogen and oxygen atoms in total. The number of hydrogen-bond donors (Lipinski definition) is 0. The summed E-state index contributed by atoms with van der Waals surface area (Å²) in [6, 6.07) is 0. The summed E-state index contributed by atoms with van der Waals surface area (Å²) in [5, 5.41) is 0. The molecule has 0 heterocycles. The molecule has 0 aromatic rings. The molecule has 0 aromatic carbocycles. The molecule has 60 valence electrons. The second-order valence-electron chi connectivity index (χ2n) is 3.11. The molecule has 0 aliphatic carbocycles. The molecule has 0 saturated heterocycles. The van der Waals surface area contributed by atoms with Gasteiger partial charge in [0.05, 0.1) is 0 Å². The van der Waals surface area contributed by atoms with Crippen LogP contribution in [-0.4, -0.2) is 14.5 Å². The standard InChI is InChI=1S/C7H14O2S/c1-4-5-7(2,3)6-10(8)9/h4H,1,5-6H2,2-3H3,(H,8,9)/p-1. The number of rotatable bonds is 4. The first-order valence-electron chi connectivity index (χ1n) is 3.15. The van der Waals surface area contributed by atoms with Crippen LogP contribution in [0.1, 0.15) is 20.3 Å². The van der Waals surface area contributed by atoms with Gasteiger partial charge in [-0.25, -0.2) is 0 Å². The highest BCUT2D eigenvalue weighted by Gasteiger charge is 2.15. The molecule has 0 N–H and O–H groups in total. The second-order valence-corrected chi connectivity index (χ2v) is 4.00. The summed E-state index contributed by atoms with van der Waals surface area (Å²) in [5.41, 5.74) is -0.158. The predicted octanol–water partition coefficient (Wildman–Crippen LogP) is 1.47. The Morgan fingerprint density at radius 2 is 2.20 bits per heavy atom. The Kier molecular flexibility index (Phi) is 3.83. The van der Waals surface area contributed by atoms with Gasteiger partial charge in [0, 0.05) is 5.75 Å². The summed E-state index contributed by atoms with van der Waals surface area (Å²) in [6.45, 7) is 7.37. The predicted molar refractivity (Wildman–Crippen MR) is 42.4 cm³/mol. The largest absolute Gasteiger partial charge is 0.772 e. The minimum Gasteiger partial charge on any atom is -0.772 e. The zero-order valence-corrected chi connectivity index (χ0v) is 7.24. The maximum Gasteiger partial charge on any atom is 0.0156 e. The first kappa shape index (κ1) is 9.85. The van der Waals surface area contributed by atoms with E-state index in [0.29, 0.717) is 0 Å². The van der Waals surface area contributed by atoms with Crippen molar-refractivity contribution in [3.8, 4) is 0 Å². The van der Waals surface area contributed by atoms with Crippen LogP contribution >= 0.6 is 0 Å². The zero-order valence-electron chi connectivity index (χ0n) is 6.42. The van der Waals surface area contributed by atoms with Crippen molar-refractivity contribution >= 4 is 11.1 Å². The molecule has 0 saturated carbocycles. The van der Waals surface area contributed by atoms with E-state index in [1.807, 2.05) is 13.8 Å². The van der Waals surface area contributed by atoms with Gasteiger partial charge in [0.15, 0.2) is 0 Å². The Morgan fingerprint density at radius 1 is 1.70 bits per heavy atom. The fourth-order valence-electron chi connectivity index (χ4n) is 0.769. The van der Waals surface area contributed by atoms with Gasteiger partial charge in [-0.3, -0.25) is 4.21 Å². The van der Waals surface area contributed by atoms with E-state index in [1.165, 1.54) is 0 Å². The molecule has 0 amide bonds. The third-order valence-electron chi connectivity index (χ3n) is 1.21. The average molecular weight is 161 g/mol. The van der Waals surface area contributed by atoms with Crippen LogP contribution in [0.5, 0.6) is 0 Å². The maximum absolute atomic E-state index is 10.3. The van der Waals surface area contributed by atoms with Gasteiger partial charge < -0.3 is 4.55 Å². The molecule has 0 fully saturated rings. The molecule has 1 atom stereocenters. The van der Waals surface area contributed by atoms with Crippen LogP contribution < -0.4 is 0 Å². The van der Waals surface area contributed by atoms with Crippen LogP contribution in [0.4, 0.5) is 0 Å². The van der Waals surface area contributed by atoms with Crippen molar-refractivity contribution in [2.75, 3.05) is 5.75 Å². The van der Waals surface area contributed by atoms with Crippen molar-refractivity contribution in [3.63, 3.8) is 0 Å². The highest BCUT2D eigenvalue weighted by molar-refractivity contribution is 7.79. The summed E-state index contributed by atoms with van der Waals surface area (Å²) in [7, 11) is 0. The van der Waals surface area contributed by atoms with Gasteiger partial charge in [-0.15, -0.1) is 6.58 Å². The molecule has 0 radical (unpaired) electrons. The van der Waals surface area contributed by atoms with Gasteiger partial charge in [0.2, 0.25) is 0 Å². The average Bonchev–Trinajstić information content (AvgIpc) is 1.59. The van der Waals surface area contributed by atoms with Crippen LogP contribution in [0.2, 0.25) is 0 Å². The lowest BCUT2D eigenvalue weighted by molar-refractivity contribution is 0.410. The van der Waals surface area contributed by atoms with Gasteiger partial charge in [-0.1, -0.05) is 31.0 Å². The lowest BCUT2D eigenvalue weighted by Gasteiger charge is -2.23. The van der Waals surface area contributed by atoms with Crippen molar-refractivity contribution in [2.24, 2.45) is 5.41 Å². The normalized spacial score (nSPS) is 14.7. The summed E-state index contributed by atoms with van der Waals surface area (Å²) >= 11 is -1.93. The van der Waals surface area contributed by atoms with Crippen LogP contribution in [0.15, 0.2) is 12.7 Å². The summed E-state index contributed by atoms with van der Waals surface area (Å²) in [5.74, 6) is 0.207. The minimum atomic E-state index is -1.93. The molecule has 10 heavy (non-hydrogen) atoms. The molecular weight excluding hydrogens is 148 g/mol. The van der Waals surface area contributed by atoms with Crippen LogP contribution in [-0.2, 0) is 11.1 Å². The van der Waals surface area contributed by atoms with Crippen molar-refractivity contribution in [1.29, 1.82) is 0 Å². The quantitative estimate of drug-likeness (QED) is 0.462. The molecule has 0 spiro atoms. The first-order valence-corrected chi connectivity index (χ1v) is 4.39. The van der Waals surface area contributed by atoms with Gasteiger partial charge in [0.25, 0.3) is 0 Å². The zero-order chi connectivity index (χ0) is 8.20. The smallest absolute Gasteiger partial charge is 0.0156 e. The Balaban J connectivity index is 3.85. The fraction of sp³-hybridized carbons (Fsp3) is 0.714. The van der Waals surface area contributed by atoms with E-state index in [0.717, 1.165) is 6.42 Å². The Morgan fingerprint density at radius 3 is 2.50 bits per heavy atom. The van der Waals surface area contributed by atoms with Gasteiger partial charge in [-0.2, -0.15) is 0 Å². The topological polar surface area (TPSA) is 40.1 Å². The third kappa shape index (κ3) is 4.70. The lowest BCUT2D eigenvalue weighted by Crippen LogP contribution is -2.19. The maximum atomic E-state index is 10.3. The number of allylic oxidation sites excluding steroid dienone is 1. The summed E-state index contributed by atoms with van der Waals surface area (Å²) in [6.07, 6.45) is 2.48. The van der Waals surface area contributed by atoms with Gasteiger partial charge in [-0.05, 0) is 11.8 Å². The highest BCUT2D eigenvalue weighted by atomic mass is 32.2. The molecule has 0 bridgehead atoms. The highest BCUT2D eigenvalue weighted by Crippen LogP contribution is 2.20. The van der Waals surface area contributed by atoms with Crippen molar-refractivity contribution in [2.45, 2.75) is 20.3 Å². The molecule has 0 aliphatic rings. The lowest BCUT2D eigenvalue weighted by atomic mass is 9.92. The summed E-state index contributed by atoms with van der Waals surface area (Å²) in [4.78, 5) is 0. The van der Waals surface area contributed by atoms with Gasteiger partial charge >= 0.3 is 0 Å². The van der Waals surface area contributed by atoms with E-state index in [1.54, 1.807) is 6.08 Å². The SMILES string of the molecule is C=CCC(C)(C)CS(=O)[O-]. The van der Waals surface area contributed by atoms with E-state index < -0.39 is 11.1 Å². The van der Waals surface area contributed by atoms with Gasteiger partial charge in [0.1, 0.15) is 0 Å². The van der Waals surface area contributed by atoms with Crippen LogP contribution in [0.25, 0.3) is 0 Å². The Bertz CT molecular complexity index is 141. The minimum absolute atomic E-state index is 0.158. The number of hydrogen-bond acceptors (Lipinski definition) is 2. The van der Waals surface area contributed by atoms with E-state index in [9.17, 15) is 8.76 Å². The van der Waals surface area contributed by atoms with Crippen LogP contribution in [0.3, 0.4) is 0 Å². The van der Waals surface area contributed by atoms with Crippen molar-refractivity contribution in [1.82, 2.24) is 0 Å². The Hall–Kier alpha value is -0.150. The van der Waals surface area contributed by atoms with E-state index >= 15 is 0 Å². The van der Waals surface area contributed by atoms with E-state index in [4.69, 9.17) is 0 Å². The van der Waals surface area contributed by atoms with Crippen molar-refractivity contribution < 1.29 is 8.76 Å². The van der Waals surface area contributed by atoms with Crippen molar-refractivity contribution in [3.05, 3.63) is 12.7 Å². The summed E-state index contributed by atoms with van der Waals surface area (Å²) < 4.78 is 20.5. The first-order chi connectivity index (χ1) is 4.48. The molecule has 0 aliphatic heterocycles. The molecular formula is C7H13O2S-. The van der Waals surface area contributed by atoms with E-state index in [-0.39, 0.29) is 11.2 Å². The monoisotopic (exact) mass is 161 g/mol. The molecule has 1 unspecified atom stereocenters. The Labute approximate surface area is 64.6 Å². The van der Waals surface area contributed by atoms with E-state index in [2.05, 4.69) is 6.58 Å². The van der Waals surface area contributed by atoms with Crippen LogP contribution in [0, 0.1) is 5.41 Å². The third-order valence-corrected chi connectivity index (χ3v) is 2.22.